The molecule has 1 saturated heterocycles. The second-order valence-corrected chi connectivity index (χ2v) is 8.48. The quantitative estimate of drug-likeness (QED) is 0.582. The summed E-state index contributed by atoms with van der Waals surface area (Å²) in [6.07, 6.45) is 3.30. The van der Waals surface area contributed by atoms with Gasteiger partial charge in [-0.1, -0.05) is 18.2 Å². The number of hydrogen-bond acceptors (Lipinski definition) is 4. The second kappa shape index (κ2) is 9.05. The van der Waals surface area contributed by atoms with Crippen LogP contribution in [0.2, 0.25) is 0 Å². The minimum Gasteiger partial charge on any atom is -0.467 e. The molecule has 1 aromatic heterocycles. The van der Waals surface area contributed by atoms with E-state index < -0.39 is 10.0 Å². The molecule has 27 heavy (non-hydrogen) atoms. The average molecular weight is 391 g/mol. The number of hydrogen-bond donors (Lipinski definition) is 2. The summed E-state index contributed by atoms with van der Waals surface area (Å²) in [4.78, 5) is 4.58. The van der Waals surface area contributed by atoms with Crippen LogP contribution in [0.1, 0.15) is 18.6 Å². The van der Waals surface area contributed by atoms with Crippen molar-refractivity contribution in [2.75, 3.05) is 26.7 Å². The first kappa shape index (κ1) is 19.4. The van der Waals surface area contributed by atoms with Crippen LogP contribution in [0, 0.1) is 5.92 Å². The minimum atomic E-state index is -3.39. The predicted octanol–water partition coefficient (Wildman–Crippen LogP) is 2.05. The van der Waals surface area contributed by atoms with Crippen LogP contribution in [0.5, 0.6) is 0 Å². The lowest BCUT2D eigenvalue weighted by atomic mass is 9.98. The van der Waals surface area contributed by atoms with Gasteiger partial charge < -0.3 is 15.1 Å². The van der Waals surface area contributed by atoms with Crippen LogP contribution in [0.3, 0.4) is 0 Å². The zero-order valence-corrected chi connectivity index (χ0v) is 16.3. The van der Waals surface area contributed by atoms with Gasteiger partial charge in [0, 0.05) is 26.7 Å². The van der Waals surface area contributed by atoms with E-state index in [4.69, 9.17) is 4.42 Å². The van der Waals surface area contributed by atoms with E-state index in [1.165, 1.54) is 0 Å². The molecule has 0 bridgehead atoms. The number of aliphatic imine (C=N–C) groups is 1. The topological polar surface area (TPSA) is 86.9 Å². The van der Waals surface area contributed by atoms with Crippen molar-refractivity contribution in [2.24, 2.45) is 10.9 Å². The van der Waals surface area contributed by atoms with Gasteiger partial charge in [-0.3, -0.25) is 4.99 Å². The van der Waals surface area contributed by atoms with E-state index in [2.05, 4.69) is 15.6 Å². The Labute approximate surface area is 160 Å². The molecule has 2 aromatic rings. The van der Waals surface area contributed by atoms with Gasteiger partial charge in [0.2, 0.25) is 10.0 Å². The van der Waals surface area contributed by atoms with E-state index in [1.807, 2.05) is 18.2 Å². The van der Waals surface area contributed by atoms with Crippen molar-refractivity contribution < 1.29 is 12.8 Å². The zero-order chi connectivity index (χ0) is 19.1. The predicted molar refractivity (Wildman–Crippen MR) is 105 cm³/mol. The number of furan rings is 1. The van der Waals surface area contributed by atoms with E-state index in [0.717, 1.165) is 25.1 Å². The lowest BCUT2D eigenvalue weighted by Gasteiger charge is -2.31. The van der Waals surface area contributed by atoms with Gasteiger partial charge in [0.05, 0.1) is 17.7 Å². The Morgan fingerprint density at radius 1 is 1.15 bits per heavy atom. The summed E-state index contributed by atoms with van der Waals surface area (Å²) < 4.78 is 32.2. The SMILES string of the molecule is CN=C(NCc1ccco1)NCC1CCN(S(=O)(=O)c2ccccc2)CC1. The molecule has 0 radical (unpaired) electrons. The molecule has 0 spiro atoms. The molecular formula is C19H26N4O3S. The molecule has 1 aliphatic heterocycles. The van der Waals surface area contributed by atoms with Crippen molar-refractivity contribution in [1.82, 2.24) is 14.9 Å². The molecule has 8 heteroatoms. The van der Waals surface area contributed by atoms with E-state index in [1.54, 1.807) is 41.9 Å². The largest absolute Gasteiger partial charge is 0.467 e. The Balaban J connectivity index is 1.45. The first-order chi connectivity index (χ1) is 13.1. The molecule has 7 nitrogen and oxygen atoms in total. The van der Waals surface area contributed by atoms with Gasteiger partial charge in [-0.15, -0.1) is 0 Å². The average Bonchev–Trinajstić information content (AvgIpc) is 3.23. The van der Waals surface area contributed by atoms with Crippen LogP contribution >= 0.6 is 0 Å². The highest BCUT2D eigenvalue weighted by molar-refractivity contribution is 7.89. The lowest BCUT2D eigenvalue weighted by Crippen LogP contribution is -2.44. The first-order valence-electron chi connectivity index (χ1n) is 9.11. The number of sulfonamides is 1. The summed E-state index contributed by atoms with van der Waals surface area (Å²) in [5.41, 5.74) is 0. The van der Waals surface area contributed by atoms with Crippen molar-refractivity contribution in [3.05, 3.63) is 54.5 Å². The van der Waals surface area contributed by atoms with Gasteiger partial charge in [0.1, 0.15) is 5.76 Å². The monoisotopic (exact) mass is 390 g/mol. The summed E-state index contributed by atoms with van der Waals surface area (Å²) in [6.45, 7) is 2.42. The van der Waals surface area contributed by atoms with E-state index in [-0.39, 0.29) is 0 Å². The fourth-order valence-corrected chi connectivity index (χ4v) is 4.63. The van der Waals surface area contributed by atoms with Gasteiger partial charge in [0.25, 0.3) is 0 Å². The van der Waals surface area contributed by atoms with Gasteiger partial charge in [-0.05, 0) is 43.0 Å². The normalized spacial score (nSPS) is 17.0. The Hall–Kier alpha value is -2.32. The minimum absolute atomic E-state index is 0.365. The highest BCUT2D eigenvalue weighted by atomic mass is 32.2. The summed E-state index contributed by atoms with van der Waals surface area (Å²) >= 11 is 0. The number of nitrogens with one attached hydrogen (secondary N) is 2. The molecule has 146 valence electrons. The van der Waals surface area contributed by atoms with Crippen LogP contribution in [0.15, 0.2) is 63.0 Å². The highest BCUT2D eigenvalue weighted by Gasteiger charge is 2.29. The third-order valence-electron chi connectivity index (χ3n) is 4.75. The smallest absolute Gasteiger partial charge is 0.243 e. The lowest BCUT2D eigenvalue weighted by molar-refractivity contribution is 0.273. The van der Waals surface area contributed by atoms with Crippen molar-refractivity contribution in [2.45, 2.75) is 24.3 Å². The van der Waals surface area contributed by atoms with Crippen molar-refractivity contribution in [3.63, 3.8) is 0 Å². The zero-order valence-electron chi connectivity index (χ0n) is 15.5. The van der Waals surface area contributed by atoms with Crippen molar-refractivity contribution in [3.8, 4) is 0 Å². The Morgan fingerprint density at radius 3 is 2.52 bits per heavy atom. The molecule has 1 aromatic carbocycles. The maximum absolute atomic E-state index is 12.7. The third-order valence-corrected chi connectivity index (χ3v) is 6.66. The molecule has 0 unspecified atom stereocenters. The van der Waals surface area contributed by atoms with Gasteiger partial charge in [-0.2, -0.15) is 4.31 Å². The maximum Gasteiger partial charge on any atom is 0.243 e. The van der Waals surface area contributed by atoms with Crippen LogP contribution in [-0.4, -0.2) is 45.4 Å². The molecule has 1 aliphatic rings. The van der Waals surface area contributed by atoms with Crippen LogP contribution in [0.4, 0.5) is 0 Å². The number of rotatable bonds is 6. The highest BCUT2D eigenvalue weighted by Crippen LogP contribution is 2.23. The molecular weight excluding hydrogens is 364 g/mol. The van der Waals surface area contributed by atoms with Crippen LogP contribution < -0.4 is 10.6 Å². The summed E-state index contributed by atoms with van der Waals surface area (Å²) in [5.74, 6) is 1.97. The molecule has 2 heterocycles. The summed E-state index contributed by atoms with van der Waals surface area (Å²) in [6, 6.07) is 12.4. The molecule has 0 amide bonds. The number of nitrogens with zero attached hydrogens (tertiary/aromatic N) is 2. The fourth-order valence-electron chi connectivity index (χ4n) is 3.14. The first-order valence-corrected chi connectivity index (χ1v) is 10.6. The summed E-state index contributed by atoms with van der Waals surface area (Å²) in [7, 11) is -1.66. The van der Waals surface area contributed by atoms with Crippen LogP contribution in [0.25, 0.3) is 0 Å². The number of benzene rings is 1. The van der Waals surface area contributed by atoms with Gasteiger partial charge in [0.15, 0.2) is 5.96 Å². The molecule has 0 aliphatic carbocycles. The Kier molecular flexibility index (Phi) is 6.52. The van der Waals surface area contributed by atoms with E-state index >= 15 is 0 Å². The Morgan fingerprint density at radius 2 is 1.89 bits per heavy atom. The maximum atomic E-state index is 12.7. The van der Waals surface area contributed by atoms with Gasteiger partial charge in [-0.25, -0.2) is 8.42 Å². The van der Waals surface area contributed by atoms with Gasteiger partial charge >= 0.3 is 0 Å². The van der Waals surface area contributed by atoms with Crippen molar-refractivity contribution >= 4 is 16.0 Å². The fraction of sp³-hybridized carbons (Fsp3) is 0.421. The Bertz CT molecular complexity index is 827. The standard InChI is InChI=1S/C19H26N4O3S/c1-20-19(22-15-17-6-5-13-26-17)21-14-16-9-11-23(12-10-16)27(24,25)18-7-3-2-4-8-18/h2-8,13,16H,9-12,14-15H2,1H3,(H2,20,21,22). The van der Waals surface area contributed by atoms with E-state index in [9.17, 15) is 8.42 Å². The number of guanidine groups is 1. The number of piperidine rings is 1. The molecule has 0 saturated carbocycles. The van der Waals surface area contributed by atoms with E-state index in [0.29, 0.717) is 36.4 Å². The molecule has 3 rings (SSSR count). The second-order valence-electron chi connectivity index (χ2n) is 6.55. The molecule has 2 N–H and O–H groups in total. The van der Waals surface area contributed by atoms with Crippen molar-refractivity contribution in [1.29, 1.82) is 0 Å². The van der Waals surface area contributed by atoms with Crippen LogP contribution in [-0.2, 0) is 16.6 Å². The molecule has 0 atom stereocenters. The summed E-state index contributed by atoms with van der Waals surface area (Å²) in [5, 5.41) is 6.52. The third kappa shape index (κ3) is 5.11. The molecule has 1 fully saturated rings.